The number of amides is 1. The van der Waals surface area contributed by atoms with Gasteiger partial charge in [-0.2, -0.15) is 4.98 Å². The van der Waals surface area contributed by atoms with Gasteiger partial charge in [-0.1, -0.05) is 17.3 Å². The Kier molecular flexibility index (Phi) is 4.37. The molecule has 0 saturated carbocycles. The van der Waals surface area contributed by atoms with E-state index in [4.69, 9.17) is 18.7 Å². The fourth-order valence-electron chi connectivity index (χ4n) is 2.70. The minimum atomic E-state index is -0.422. The van der Waals surface area contributed by atoms with Gasteiger partial charge in [0.1, 0.15) is 5.75 Å². The molecule has 0 unspecified atom stereocenters. The number of ether oxygens (including phenoxy) is 3. The molecule has 0 fully saturated rings. The Bertz CT molecular complexity index is 968. The van der Waals surface area contributed by atoms with Gasteiger partial charge < -0.3 is 24.1 Å². The van der Waals surface area contributed by atoms with Crippen molar-refractivity contribution in [2.45, 2.75) is 13.0 Å². The summed E-state index contributed by atoms with van der Waals surface area (Å²) < 4.78 is 21.0. The molecule has 0 radical (unpaired) electrons. The molecule has 3 aromatic rings. The fraction of sp³-hybridized carbons (Fsp3) is 0.211. The largest absolute Gasteiger partial charge is 0.497 e. The van der Waals surface area contributed by atoms with Crippen LogP contribution in [0.5, 0.6) is 17.2 Å². The van der Waals surface area contributed by atoms with Gasteiger partial charge in [-0.05, 0) is 42.8 Å². The van der Waals surface area contributed by atoms with Crippen LogP contribution in [0.4, 0.5) is 0 Å². The summed E-state index contributed by atoms with van der Waals surface area (Å²) >= 11 is 0. The Balaban J connectivity index is 1.46. The Morgan fingerprint density at radius 3 is 2.70 bits per heavy atom. The highest BCUT2D eigenvalue weighted by atomic mass is 16.7. The Labute approximate surface area is 155 Å². The van der Waals surface area contributed by atoms with Gasteiger partial charge in [0.25, 0.3) is 17.6 Å². The van der Waals surface area contributed by atoms with Crippen LogP contribution in [0.1, 0.15) is 29.1 Å². The van der Waals surface area contributed by atoms with E-state index < -0.39 is 5.91 Å². The van der Waals surface area contributed by atoms with Gasteiger partial charge in [-0.3, -0.25) is 4.79 Å². The van der Waals surface area contributed by atoms with Crippen LogP contribution in [0.2, 0.25) is 0 Å². The average molecular weight is 367 g/mol. The number of aromatic nitrogens is 2. The minimum absolute atomic E-state index is 0.0389. The van der Waals surface area contributed by atoms with Crippen LogP contribution in [-0.2, 0) is 0 Å². The van der Waals surface area contributed by atoms with E-state index in [1.807, 2.05) is 31.2 Å². The molecular weight excluding hydrogens is 350 g/mol. The molecule has 2 aromatic carbocycles. The standard InChI is InChI=1S/C19H17N3O5/c1-11(12-3-6-14(24-2)7-4-12)20-18(23)17-21-19(27-22-17)13-5-8-15-16(9-13)26-10-25-15/h3-9,11H,10H2,1-2H3,(H,20,23)/t11-/m0/s1. The molecule has 8 heteroatoms. The zero-order valence-corrected chi connectivity index (χ0v) is 14.8. The lowest BCUT2D eigenvalue weighted by atomic mass is 10.1. The molecule has 0 spiro atoms. The van der Waals surface area contributed by atoms with Crippen molar-refractivity contribution < 1.29 is 23.5 Å². The molecule has 138 valence electrons. The number of nitrogens with one attached hydrogen (secondary N) is 1. The molecule has 0 saturated heterocycles. The number of hydrogen-bond donors (Lipinski definition) is 1. The van der Waals surface area contributed by atoms with Crippen LogP contribution in [0.3, 0.4) is 0 Å². The lowest BCUT2D eigenvalue weighted by molar-refractivity contribution is 0.0926. The smallest absolute Gasteiger partial charge is 0.293 e. The number of fused-ring (bicyclic) bond motifs is 1. The number of carbonyl (C=O) groups is 1. The second kappa shape index (κ2) is 6.99. The van der Waals surface area contributed by atoms with E-state index in [0.717, 1.165) is 11.3 Å². The maximum absolute atomic E-state index is 12.4. The maximum atomic E-state index is 12.4. The van der Waals surface area contributed by atoms with Gasteiger partial charge in [0.2, 0.25) is 6.79 Å². The zero-order chi connectivity index (χ0) is 18.8. The number of nitrogens with zero attached hydrogens (tertiary/aromatic N) is 2. The monoisotopic (exact) mass is 367 g/mol. The second-order valence-corrected chi connectivity index (χ2v) is 5.96. The van der Waals surface area contributed by atoms with Gasteiger partial charge in [0.15, 0.2) is 11.5 Å². The van der Waals surface area contributed by atoms with Crippen molar-refractivity contribution in [2.75, 3.05) is 13.9 Å². The predicted molar refractivity (Wildman–Crippen MR) is 94.7 cm³/mol. The number of hydrogen-bond acceptors (Lipinski definition) is 7. The van der Waals surface area contributed by atoms with Gasteiger partial charge in [0, 0.05) is 5.56 Å². The first-order chi connectivity index (χ1) is 13.1. The Morgan fingerprint density at radius 2 is 1.93 bits per heavy atom. The molecule has 1 aliphatic rings. The summed E-state index contributed by atoms with van der Waals surface area (Å²) in [6.07, 6.45) is 0. The summed E-state index contributed by atoms with van der Waals surface area (Å²) in [7, 11) is 1.61. The van der Waals surface area contributed by atoms with Crippen molar-refractivity contribution in [1.29, 1.82) is 0 Å². The molecule has 27 heavy (non-hydrogen) atoms. The third kappa shape index (κ3) is 3.41. The van der Waals surface area contributed by atoms with Gasteiger partial charge in [0.05, 0.1) is 13.2 Å². The topological polar surface area (TPSA) is 95.7 Å². The summed E-state index contributed by atoms with van der Waals surface area (Å²) in [5, 5.41) is 6.62. The molecule has 1 aromatic heterocycles. The molecule has 0 bridgehead atoms. The van der Waals surface area contributed by atoms with Crippen molar-refractivity contribution in [2.24, 2.45) is 0 Å². The van der Waals surface area contributed by atoms with Crippen molar-refractivity contribution in [3.63, 3.8) is 0 Å². The molecule has 0 aliphatic carbocycles. The molecule has 1 aliphatic heterocycles. The number of methoxy groups -OCH3 is 1. The van der Waals surface area contributed by atoms with E-state index in [2.05, 4.69) is 15.5 Å². The molecule has 4 rings (SSSR count). The van der Waals surface area contributed by atoms with Crippen LogP contribution in [0.25, 0.3) is 11.5 Å². The van der Waals surface area contributed by atoms with Crippen molar-refractivity contribution in [3.8, 4) is 28.7 Å². The summed E-state index contributed by atoms with van der Waals surface area (Å²) in [6.45, 7) is 2.05. The van der Waals surface area contributed by atoms with Crippen molar-refractivity contribution >= 4 is 5.91 Å². The molecule has 1 atom stereocenters. The third-order valence-corrected chi connectivity index (χ3v) is 4.21. The average Bonchev–Trinajstić information content (AvgIpc) is 3.36. The van der Waals surface area contributed by atoms with Crippen molar-refractivity contribution in [3.05, 3.63) is 53.9 Å². The Morgan fingerprint density at radius 1 is 1.15 bits per heavy atom. The first kappa shape index (κ1) is 16.9. The van der Waals surface area contributed by atoms with Gasteiger partial charge >= 0.3 is 0 Å². The molecule has 8 nitrogen and oxygen atoms in total. The highest BCUT2D eigenvalue weighted by Crippen LogP contribution is 2.35. The SMILES string of the molecule is COc1ccc([C@H](C)NC(=O)c2noc(-c3ccc4c(c3)OCO4)n2)cc1. The number of rotatable bonds is 5. The molecule has 1 N–H and O–H groups in total. The van der Waals surface area contributed by atoms with Crippen LogP contribution in [-0.4, -0.2) is 30.0 Å². The summed E-state index contributed by atoms with van der Waals surface area (Å²) in [6, 6.07) is 12.5. The van der Waals surface area contributed by atoms with Crippen LogP contribution in [0, 0.1) is 0 Å². The van der Waals surface area contributed by atoms with E-state index >= 15 is 0 Å². The van der Waals surface area contributed by atoms with Gasteiger partial charge in [-0.15, -0.1) is 0 Å². The first-order valence-corrected chi connectivity index (χ1v) is 8.32. The maximum Gasteiger partial charge on any atom is 0.293 e. The minimum Gasteiger partial charge on any atom is -0.497 e. The normalized spacial score (nSPS) is 13.3. The van der Waals surface area contributed by atoms with Crippen LogP contribution >= 0.6 is 0 Å². The second-order valence-electron chi connectivity index (χ2n) is 5.96. The molecule has 2 heterocycles. The number of benzene rings is 2. The quantitative estimate of drug-likeness (QED) is 0.740. The van der Waals surface area contributed by atoms with Gasteiger partial charge in [-0.25, -0.2) is 0 Å². The Hall–Kier alpha value is -3.55. The summed E-state index contributed by atoms with van der Waals surface area (Å²) in [4.78, 5) is 16.6. The van der Waals surface area contributed by atoms with Crippen molar-refractivity contribution in [1.82, 2.24) is 15.5 Å². The summed E-state index contributed by atoms with van der Waals surface area (Å²) in [5.74, 6) is 1.78. The van der Waals surface area contributed by atoms with E-state index in [-0.39, 0.29) is 24.5 Å². The zero-order valence-electron chi connectivity index (χ0n) is 14.8. The molecular formula is C19H17N3O5. The van der Waals surface area contributed by atoms with E-state index in [1.165, 1.54) is 0 Å². The van der Waals surface area contributed by atoms with Crippen LogP contribution < -0.4 is 19.5 Å². The molecule has 1 amide bonds. The van der Waals surface area contributed by atoms with E-state index in [9.17, 15) is 4.79 Å². The number of carbonyl (C=O) groups excluding carboxylic acids is 1. The van der Waals surface area contributed by atoms with Crippen LogP contribution in [0.15, 0.2) is 47.0 Å². The van der Waals surface area contributed by atoms with E-state index in [1.54, 1.807) is 25.3 Å². The lowest BCUT2D eigenvalue weighted by Crippen LogP contribution is -2.27. The third-order valence-electron chi connectivity index (χ3n) is 4.21. The first-order valence-electron chi connectivity index (χ1n) is 8.32. The highest BCUT2D eigenvalue weighted by molar-refractivity contribution is 5.91. The van der Waals surface area contributed by atoms with E-state index in [0.29, 0.717) is 17.1 Å². The lowest BCUT2D eigenvalue weighted by Gasteiger charge is -2.13. The summed E-state index contributed by atoms with van der Waals surface area (Å²) in [5.41, 5.74) is 1.58. The highest BCUT2D eigenvalue weighted by Gasteiger charge is 2.20. The predicted octanol–water partition coefficient (Wildman–Crippen LogP) is 2.96. The fourth-order valence-corrected chi connectivity index (χ4v) is 2.70.